The molecule has 2 heterocycles. The highest BCUT2D eigenvalue weighted by atomic mass is 32.1. The highest BCUT2D eigenvalue weighted by molar-refractivity contribution is 7.10. The van der Waals surface area contributed by atoms with E-state index in [1.807, 2.05) is 5.51 Å². The van der Waals surface area contributed by atoms with Gasteiger partial charge in [-0.2, -0.15) is 0 Å². The topological polar surface area (TPSA) is 24.9 Å². The van der Waals surface area contributed by atoms with Crippen molar-refractivity contribution in [3.63, 3.8) is 0 Å². The molecule has 3 rings (SSSR count). The maximum Gasteiger partial charge on any atom is 0.0864 e. The van der Waals surface area contributed by atoms with Gasteiger partial charge in [0.05, 0.1) is 11.2 Å². The molecular weight excluding hydrogens is 216 g/mol. The molecule has 0 bridgehead atoms. The zero-order valence-electron chi connectivity index (χ0n) is 9.29. The molecule has 1 aliphatic heterocycles. The summed E-state index contributed by atoms with van der Waals surface area (Å²) in [4.78, 5) is 5.91. The van der Waals surface area contributed by atoms with Gasteiger partial charge in [-0.15, -0.1) is 11.3 Å². The lowest BCUT2D eigenvalue weighted by molar-refractivity contribution is 1.04. The Labute approximate surface area is 99.4 Å². The number of anilines is 1. The number of fused-ring (bicyclic) bond motifs is 3. The fourth-order valence-electron chi connectivity index (χ4n) is 2.27. The smallest absolute Gasteiger partial charge is 0.0864 e. The second kappa shape index (κ2) is 3.91. The molecule has 3 heteroatoms. The Morgan fingerprint density at radius 3 is 3.25 bits per heavy atom. The number of aromatic nitrogens is 1. The molecule has 0 fully saturated rings. The van der Waals surface area contributed by atoms with Crippen LogP contribution in [0.3, 0.4) is 0 Å². The Balaban J connectivity index is 2.25. The van der Waals surface area contributed by atoms with E-state index in [0.29, 0.717) is 0 Å². The average Bonchev–Trinajstić information content (AvgIpc) is 2.71. The number of benzene rings is 1. The van der Waals surface area contributed by atoms with E-state index in [4.69, 9.17) is 0 Å². The first-order valence-electron chi connectivity index (χ1n) is 5.68. The molecule has 0 unspecified atom stereocenters. The van der Waals surface area contributed by atoms with Crippen molar-refractivity contribution in [3.05, 3.63) is 34.2 Å². The van der Waals surface area contributed by atoms with Gasteiger partial charge in [-0.3, -0.25) is 0 Å². The van der Waals surface area contributed by atoms with Crippen LogP contribution in [0.2, 0.25) is 0 Å². The van der Waals surface area contributed by atoms with Crippen molar-refractivity contribution < 1.29 is 0 Å². The summed E-state index contributed by atoms with van der Waals surface area (Å²) in [6, 6.07) is 6.50. The van der Waals surface area contributed by atoms with E-state index in [2.05, 4.69) is 35.4 Å². The van der Waals surface area contributed by atoms with Gasteiger partial charge >= 0.3 is 0 Å². The minimum atomic E-state index is 1.01. The van der Waals surface area contributed by atoms with E-state index < -0.39 is 0 Å². The van der Waals surface area contributed by atoms with Crippen LogP contribution in [-0.2, 0) is 12.8 Å². The standard InChI is InChI=1S/C13H14N2S/c1-2-9-4-3-5-10-12(9)14-7-6-11-13(10)15-8-16-11/h3-5,8,14H,2,6-7H2,1H3. The van der Waals surface area contributed by atoms with Crippen LogP contribution >= 0.6 is 11.3 Å². The Hall–Kier alpha value is -1.35. The minimum absolute atomic E-state index is 1.01. The van der Waals surface area contributed by atoms with Crippen molar-refractivity contribution >= 4 is 17.0 Å². The number of nitrogens with one attached hydrogen (secondary N) is 1. The molecule has 1 aromatic heterocycles. The molecule has 0 saturated heterocycles. The van der Waals surface area contributed by atoms with Gasteiger partial charge in [0, 0.05) is 29.1 Å². The van der Waals surface area contributed by atoms with E-state index >= 15 is 0 Å². The van der Waals surface area contributed by atoms with E-state index in [1.165, 1.54) is 27.4 Å². The molecule has 2 aromatic rings. The second-order valence-corrected chi connectivity index (χ2v) is 4.93. The molecule has 16 heavy (non-hydrogen) atoms. The van der Waals surface area contributed by atoms with Crippen molar-refractivity contribution in [2.75, 3.05) is 11.9 Å². The van der Waals surface area contributed by atoms with Crippen molar-refractivity contribution in [1.29, 1.82) is 0 Å². The number of aryl methyl sites for hydroxylation is 1. The Bertz CT molecular complexity index is 516. The van der Waals surface area contributed by atoms with Crippen molar-refractivity contribution in [3.8, 4) is 11.3 Å². The van der Waals surface area contributed by atoms with Crippen molar-refractivity contribution in [1.82, 2.24) is 4.98 Å². The summed E-state index contributed by atoms with van der Waals surface area (Å²) in [6.45, 7) is 3.21. The molecule has 0 saturated carbocycles. The van der Waals surface area contributed by atoms with Gasteiger partial charge in [0.15, 0.2) is 0 Å². The molecule has 0 atom stereocenters. The zero-order valence-corrected chi connectivity index (χ0v) is 10.1. The normalized spacial score (nSPS) is 13.6. The lowest BCUT2D eigenvalue weighted by Gasteiger charge is -2.12. The molecule has 1 N–H and O–H groups in total. The average molecular weight is 230 g/mol. The number of nitrogens with zero attached hydrogens (tertiary/aromatic N) is 1. The predicted molar refractivity (Wildman–Crippen MR) is 69.1 cm³/mol. The molecule has 0 amide bonds. The lowest BCUT2D eigenvalue weighted by atomic mass is 10.0. The Kier molecular flexibility index (Phi) is 2.40. The number of para-hydroxylation sites is 1. The zero-order chi connectivity index (χ0) is 11.0. The summed E-state index contributed by atoms with van der Waals surface area (Å²) < 4.78 is 0. The number of hydrogen-bond donors (Lipinski definition) is 1. The summed E-state index contributed by atoms with van der Waals surface area (Å²) in [6.07, 6.45) is 2.15. The largest absolute Gasteiger partial charge is 0.384 e. The van der Waals surface area contributed by atoms with Crippen LogP contribution in [0.4, 0.5) is 5.69 Å². The first-order valence-corrected chi connectivity index (χ1v) is 6.56. The predicted octanol–water partition coefficient (Wildman–Crippen LogP) is 3.34. The molecule has 1 aliphatic rings. The van der Waals surface area contributed by atoms with E-state index in [9.17, 15) is 0 Å². The van der Waals surface area contributed by atoms with Gasteiger partial charge in [-0.1, -0.05) is 25.1 Å². The summed E-state index contributed by atoms with van der Waals surface area (Å²) in [7, 11) is 0. The van der Waals surface area contributed by atoms with Crippen LogP contribution in [0.5, 0.6) is 0 Å². The van der Waals surface area contributed by atoms with Crippen LogP contribution in [0, 0.1) is 0 Å². The number of rotatable bonds is 1. The number of thiazole rings is 1. The summed E-state index contributed by atoms with van der Waals surface area (Å²) in [5.74, 6) is 0. The summed E-state index contributed by atoms with van der Waals surface area (Å²) in [5.41, 5.74) is 7.08. The van der Waals surface area contributed by atoms with Gasteiger partial charge in [-0.25, -0.2) is 4.98 Å². The molecule has 1 aromatic carbocycles. The fourth-order valence-corrected chi connectivity index (χ4v) is 3.05. The fraction of sp³-hybridized carbons (Fsp3) is 0.308. The highest BCUT2D eigenvalue weighted by Crippen LogP contribution is 2.36. The maximum atomic E-state index is 4.51. The molecule has 0 spiro atoms. The third kappa shape index (κ3) is 1.43. The quantitative estimate of drug-likeness (QED) is 0.812. The van der Waals surface area contributed by atoms with Gasteiger partial charge in [0.1, 0.15) is 0 Å². The second-order valence-electron chi connectivity index (χ2n) is 3.99. The van der Waals surface area contributed by atoms with Crippen molar-refractivity contribution in [2.45, 2.75) is 19.8 Å². The van der Waals surface area contributed by atoms with Gasteiger partial charge in [0.2, 0.25) is 0 Å². The Morgan fingerprint density at radius 2 is 2.38 bits per heavy atom. The first-order chi connectivity index (χ1) is 7.90. The van der Waals surface area contributed by atoms with Crippen LogP contribution < -0.4 is 5.32 Å². The maximum absolute atomic E-state index is 4.51. The van der Waals surface area contributed by atoms with Crippen LogP contribution in [0.15, 0.2) is 23.7 Å². The Morgan fingerprint density at radius 1 is 1.44 bits per heavy atom. The van der Waals surface area contributed by atoms with E-state index in [0.717, 1.165) is 19.4 Å². The third-order valence-electron chi connectivity index (χ3n) is 3.08. The van der Waals surface area contributed by atoms with Crippen LogP contribution in [0.1, 0.15) is 17.4 Å². The molecule has 2 nitrogen and oxygen atoms in total. The van der Waals surface area contributed by atoms with Gasteiger partial charge < -0.3 is 5.32 Å². The molecule has 82 valence electrons. The monoisotopic (exact) mass is 230 g/mol. The third-order valence-corrected chi connectivity index (χ3v) is 3.97. The minimum Gasteiger partial charge on any atom is -0.384 e. The number of hydrogen-bond acceptors (Lipinski definition) is 3. The molecule has 0 radical (unpaired) electrons. The molecule has 0 aliphatic carbocycles. The van der Waals surface area contributed by atoms with Gasteiger partial charge in [-0.05, 0) is 12.0 Å². The molecular formula is C13H14N2S. The van der Waals surface area contributed by atoms with E-state index in [1.54, 1.807) is 11.3 Å². The SMILES string of the molecule is CCc1cccc2c1NCCc1scnc1-2. The van der Waals surface area contributed by atoms with Crippen molar-refractivity contribution in [2.24, 2.45) is 0 Å². The summed E-state index contributed by atoms with van der Waals surface area (Å²) >= 11 is 1.76. The van der Waals surface area contributed by atoms with E-state index in [-0.39, 0.29) is 0 Å². The first kappa shape index (κ1) is 9.85. The highest BCUT2D eigenvalue weighted by Gasteiger charge is 2.17. The van der Waals surface area contributed by atoms with Crippen LogP contribution in [-0.4, -0.2) is 11.5 Å². The lowest BCUT2D eigenvalue weighted by Crippen LogP contribution is -2.04. The van der Waals surface area contributed by atoms with Gasteiger partial charge in [0.25, 0.3) is 0 Å². The summed E-state index contributed by atoms with van der Waals surface area (Å²) in [5, 5.41) is 3.54. The van der Waals surface area contributed by atoms with Crippen LogP contribution in [0.25, 0.3) is 11.3 Å².